The maximum absolute atomic E-state index is 13.4. The molecule has 0 fully saturated rings. The van der Waals surface area contributed by atoms with Gasteiger partial charge in [0.1, 0.15) is 5.82 Å². The van der Waals surface area contributed by atoms with Gasteiger partial charge in [-0.15, -0.1) is 0 Å². The van der Waals surface area contributed by atoms with Gasteiger partial charge >= 0.3 is 0 Å². The fourth-order valence-electron chi connectivity index (χ4n) is 2.22. The molecule has 0 saturated carbocycles. The van der Waals surface area contributed by atoms with Crippen molar-refractivity contribution in [1.29, 1.82) is 0 Å². The van der Waals surface area contributed by atoms with Crippen molar-refractivity contribution in [3.05, 3.63) is 52.1 Å². The molecule has 1 unspecified atom stereocenters. The summed E-state index contributed by atoms with van der Waals surface area (Å²) in [6.07, 6.45) is 1.64. The van der Waals surface area contributed by atoms with Crippen LogP contribution < -0.4 is 5.32 Å². The fraction of sp³-hybridized carbons (Fsp3) is 0.357. The summed E-state index contributed by atoms with van der Waals surface area (Å²) in [4.78, 5) is 0. The van der Waals surface area contributed by atoms with Crippen LogP contribution >= 0.6 is 11.6 Å². The maximum atomic E-state index is 13.4. The molecule has 2 aromatic rings. The summed E-state index contributed by atoms with van der Waals surface area (Å²) in [7, 11) is 1.85. The zero-order chi connectivity index (χ0) is 14.0. The average Bonchev–Trinajstić information content (AvgIpc) is 2.76. The van der Waals surface area contributed by atoms with E-state index in [1.807, 2.05) is 24.7 Å². The van der Waals surface area contributed by atoms with E-state index in [1.54, 1.807) is 19.2 Å². The summed E-state index contributed by atoms with van der Waals surface area (Å²) in [5.41, 5.74) is 2.49. The van der Waals surface area contributed by atoms with E-state index in [0.29, 0.717) is 10.6 Å². The molecular weight excluding hydrogens is 265 g/mol. The minimum Gasteiger partial charge on any atom is -0.308 e. The van der Waals surface area contributed by atoms with Crippen LogP contribution in [-0.2, 0) is 6.54 Å². The van der Waals surface area contributed by atoms with Gasteiger partial charge in [0.25, 0.3) is 0 Å². The van der Waals surface area contributed by atoms with E-state index in [0.717, 1.165) is 17.8 Å². The van der Waals surface area contributed by atoms with Crippen molar-refractivity contribution in [1.82, 2.24) is 15.1 Å². The van der Waals surface area contributed by atoms with Gasteiger partial charge < -0.3 is 5.32 Å². The molecule has 0 aliphatic heterocycles. The first-order chi connectivity index (χ1) is 9.08. The molecule has 102 valence electrons. The second kappa shape index (κ2) is 5.72. The summed E-state index contributed by atoms with van der Waals surface area (Å²) in [5.74, 6) is -0.200. The summed E-state index contributed by atoms with van der Waals surface area (Å²) >= 11 is 6.22. The van der Waals surface area contributed by atoms with Crippen molar-refractivity contribution in [3.63, 3.8) is 0 Å². The van der Waals surface area contributed by atoms with Crippen molar-refractivity contribution < 1.29 is 4.39 Å². The summed E-state index contributed by atoms with van der Waals surface area (Å²) in [6, 6.07) is 4.98. The van der Waals surface area contributed by atoms with Gasteiger partial charge in [0, 0.05) is 6.54 Å². The monoisotopic (exact) mass is 281 g/mol. The molecule has 0 aliphatic rings. The standard InChI is InChI=1S/C14H17ClFN3/c1-4-19-14(11(15)8-18-19)13(17-3)10-5-6-12(16)9(2)7-10/h5-8,13,17H,4H2,1-3H3. The van der Waals surface area contributed by atoms with E-state index in [9.17, 15) is 4.39 Å². The van der Waals surface area contributed by atoms with E-state index in [-0.39, 0.29) is 11.9 Å². The minimum absolute atomic E-state index is 0.103. The van der Waals surface area contributed by atoms with Gasteiger partial charge in [0.05, 0.1) is 23.0 Å². The Balaban J connectivity index is 2.49. The van der Waals surface area contributed by atoms with Gasteiger partial charge in [-0.05, 0) is 38.1 Å². The number of aryl methyl sites for hydroxylation is 2. The molecule has 3 nitrogen and oxygen atoms in total. The van der Waals surface area contributed by atoms with Gasteiger partial charge in [-0.3, -0.25) is 4.68 Å². The van der Waals surface area contributed by atoms with Crippen molar-refractivity contribution in [2.24, 2.45) is 0 Å². The molecule has 0 amide bonds. The lowest BCUT2D eigenvalue weighted by Crippen LogP contribution is -2.22. The number of nitrogens with one attached hydrogen (secondary N) is 1. The molecule has 1 atom stereocenters. The lowest BCUT2D eigenvalue weighted by atomic mass is 10.0. The highest BCUT2D eigenvalue weighted by molar-refractivity contribution is 6.31. The average molecular weight is 282 g/mol. The molecule has 1 N–H and O–H groups in total. The molecule has 0 radical (unpaired) electrons. The molecule has 1 aromatic carbocycles. The van der Waals surface area contributed by atoms with Crippen LogP contribution in [0.3, 0.4) is 0 Å². The Bertz CT molecular complexity index is 580. The van der Waals surface area contributed by atoms with Crippen LogP contribution in [0.2, 0.25) is 5.02 Å². The molecule has 0 saturated heterocycles. The smallest absolute Gasteiger partial charge is 0.126 e. The highest BCUT2D eigenvalue weighted by Crippen LogP contribution is 2.28. The lowest BCUT2D eigenvalue weighted by molar-refractivity contribution is 0.561. The van der Waals surface area contributed by atoms with Gasteiger partial charge in [-0.1, -0.05) is 23.7 Å². The first-order valence-corrected chi connectivity index (χ1v) is 6.60. The third kappa shape index (κ3) is 2.65. The summed E-state index contributed by atoms with van der Waals surface area (Å²) < 4.78 is 15.2. The molecule has 2 rings (SSSR count). The third-order valence-corrected chi connectivity index (χ3v) is 3.50. The van der Waals surface area contributed by atoms with E-state index >= 15 is 0 Å². The molecule has 0 spiro atoms. The number of halogens is 2. The molecular formula is C14H17ClFN3. The molecule has 0 bridgehead atoms. The number of rotatable bonds is 4. The molecule has 0 aliphatic carbocycles. The van der Waals surface area contributed by atoms with Crippen molar-refractivity contribution >= 4 is 11.6 Å². The van der Waals surface area contributed by atoms with Gasteiger partial charge in [-0.2, -0.15) is 5.10 Å². The first kappa shape index (κ1) is 14.0. The Labute approximate surface area is 117 Å². The second-order valence-corrected chi connectivity index (χ2v) is 4.83. The Hall–Kier alpha value is -1.39. The second-order valence-electron chi connectivity index (χ2n) is 4.42. The van der Waals surface area contributed by atoms with E-state index in [1.165, 1.54) is 6.07 Å². The minimum atomic E-state index is -0.200. The zero-order valence-electron chi connectivity index (χ0n) is 11.2. The van der Waals surface area contributed by atoms with Crippen LogP contribution in [0.1, 0.15) is 29.8 Å². The van der Waals surface area contributed by atoms with E-state index < -0.39 is 0 Å². The Kier molecular flexibility index (Phi) is 4.22. The predicted octanol–water partition coefficient (Wildman–Crippen LogP) is 3.31. The highest BCUT2D eigenvalue weighted by Gasteiger charge is 2.20. The van der Waals surface area contributed by atoms with Crippen LogP contribution in [0.25, 0.3) is 0 Å². The highest BCUT2D eigenvalue weighted by atomic mass is 35.5. The summed E-state index contributed by atoms with van der Waals surface area (Å²) in [5, 5.41) is 8.07. The van der Waals surface area contributed by atoms with E-state index in [4.69, 9.17) is 11.6 Å². The van der Waals surface area contributed by atoms with Gasteiger partial charge in [-0.25, -0.2) is 4.39 Å². The van der Waals surface area contributed by atoms with Crippen molar-refractivity contribution in [2.75, 3.05) is 7.05 Å². The largest absolute Gasteiger partial charge is 0.308 e. The van der Waals surface area contributed by atoms with Gasteiger partial charge in [0.15, 0.2) is 0 Å². The third-order valence-electron chi connectivity index (χ3n) is 3.21. The van der Waals surface area contributed by atoms with Crippen LogP contribution in [-0.4, -0.2) is 16.8 Å². The number of aromatic nitrogens is 2. The Morgan fingerprint density at radius 1 is 1.47 bits per heavy atom. The quantitative estimate of drug-likeness (QED) is 0.932. The van der Waals surface area contributed by atoms with Crippen LogP contribution in [0.5, 0.6) is 0 Å². The van der Waals surface area contributed by atoms with Crippen LogP contribution in [0.15, 0.2) is 24.4 Å². The maximum Gasteiger partial charge on any atom is 0.126 e. The topological polar surface area (TPSA) is 29.9 Å². The lowest BCUT2D eigenvalue weighted by Gasteiger charge is -2.19. The van der Waals surface area contributed by atoms with Gasteiger partial charge in [0.2, 0.25) is 0 Å². The SMILES string of the molecule is CCn1ncc(Cl)c1C(NC)c1ccc(F)c(C)c1. The number of hydrogen-bond donors (Lipinski definition) is 1. The molecule has 5 heteroatoms. The molecule has 1 heterocycles. The van der Waals surface area contributed by atoms with E-state index in [2.05, 4.69) is 10.4 Å². The van der Waals surface area contributed by atoms with Crippen molar-refractivity contribution in [2.45, 2.75) is 26.4 Å². The van der Waals surface area contributed by atoms with Crippen LogP contribution in [0, 0.1) is 12.7 Å². The fourth-order valence-corrected chi connectivity index (χ4v) is 2.47. The first-order valence-electron chi connectivity index (χ1n) is 6.23. The number of nitrogens with zero attached hydrogens (tertiary/aromatic N) is 2. The predicted molar refractivity (Wildman–Crippen MR) is 75.0 cm³/mol. The Morgan fingerprint density at radius 3 is 2.79 bits per heavy atom. The van der Waals surface area contributed by atoms with Crippen molar-refractivity contribution in [3.8, 4) is 0 Å². The Morgan fingerprint density at radius 2 is 2.21 bits per heavy atom. The van der Waals surface area contributed by atoms with Crippen LogP contribution in [0.4, 0.5) is 4.39 Å². The molecule has 1 aromatic heterocycles. The number of benzene rings is 1. The normalized spacial score (nSPS) is 12.7. The molecule has 19 heavy (non-hydrogen) atoms. The zero-order valence-corrected chi connectivity index (χ0v) is 12.0. The number of hydrogen-bond acceptors (Lipinski definition) is 2. The summed E-state index contributed by atoms with van der Waals surface area (Å²) in [6.45, 7) is 4.50.